The molecule has 0 atom stereocenters. The van der Waals surface area contributed by atoms with Gasteiger partial charge in [0, 0.05) is 0 Å². The second kappa shape index (κ2) is 3.99. The zero-order chi connectivity index (χ0) is 13.3. The quantitative estimate of drug-likeness (QED) is 0.315. The lowest BCUT2D eigenvalue weighted by atomic mass is 9.72. The normalized spacial score (nSPS) is 12.0. The number of ketones is 2. The Morgan fingerprint density at radius 2 is 1.12 bits per heavy atom. The van der Waals surface area contributed by atoms with E-state index in [1.165, 1.54) is 0 Å². The third-order valence-corrected chi connectivity index (χ3v) is 2.20. The summed E-state index contributed by atoms with van der Waals surface area (Å²) < 4.78 is 0. The van der Waals surface area contributed by atoms with Gasteiger partial charge in [0.25, 0.3) is 5.79 Å². The van der Waals surface area contributed by atoms with Gasteiger partial charge in [-0.15, -0.1) is 0 Å². The number of rotatable bonds is 5. The summed E-state index contributed by atoms with van der Waals surface area (Å²) in [5, 5.41) is 35.5. The Morgan fingerprint density at radius 1 is 0.812 bits per heavy atom. The summed E-state index contributed by atoms with van der Waals surface area (Å²) in [6.45, 7) is 1.17. The van der Waals surface area contributed by atoms with Gasteiger partial charge in [0.15, 0.2) is 11.6 Å². The molecule has 0 saturated heterocycles. The van der Waals surface area contributed by atoms with Crippen LogP contribution in [0, 0.1) is 5.41 Å². The average molecular weight is 234 g/mol. The molecule has 0 bridgehead atoms. The molecule has 0 unspecified atom stereocenters. The van der Waals surface area contributed by atoms with Crippen LogP contribution in [0.2, 0.25) is 0 Å². The van der Waals surface area contributed by atoms with Gasteiger partial charge in [-0.05, 0) is 13.8 Å². The van der Waals surface area contributed by atoms with Crippen molar-refractivity contribution in [3.63, 3.8) is 0 Å². The number of carbonyl (C=O) groups is 4. The Balaban J connectivity index is 6.14. The van der Waals surface area contributed by atoms with Crippen LogP contribution in [0.4, 0.5) is 0 Å². The van der Waals surface area contributed by atoms with Crippen molar-refractivity contribution >= 4 is 23.5 Å². The van der Waals surface area contributed by atoms with E-state index in [2.05, 4.69) is 0 Å². The summed E-state index contributed by atoms with van der Waals surface area (Å²) in [4.78, 5) is 43.6. The summed E-state index contributed by atoms with van der Waals surface area (Å²) in [5.74, 6) is -11.6. The molecular formula is C8H10O8. The molecule has 0 rings (SSSR count). The SMILES string of the molecule is CC(=O)C(C(C)=O)(C(=O)O)C(O)(O)C(=O)O. The van der Waals surface area contributed by atoms with Crippen molar-refractivity contribution in [3.8, 4) is 0 Å². The van der Waals surface area contributed by atoms with Crippen LogP contribution in [0.3, 0.4) is 0 Å². The van der Waals surface area contributed by atoms with Crippen molar-refractivity contribution in [3.05, 3.63) is 0 Å². The third-order valence-electron chi connectivity index (χ3n) is 2.20. The zero-order valence-electron chi connectivity index (χ0n) is 8.42. The molecule has 0 spiro atoms. The number of carbonyl (C=O) groups excluding carboxylic acids is 2. The molecule has 90 valence electrons. The lowest BCUT2D eigenvalue weighted by Gasteiger charge is -2.32. The lowest BCUT2D eigenvalue weighted by Crippen LogP contribution is -2.65. The fraction of sp³-hybridized carbons (Fsp3) is 0.500. The molecule has 4 N–H and O–H groups in total. The Labute approximate surface area is 89.1 Å². The molecule has 0 aliphatic rings. The van der Waals surface area contributed by atoms with Gasteiger partial charge in [-0.3, -0.25) is 14.4 Å². The molecule has 0 aliphatic carbocycles. The topological polar surface area (TPSA) is 149 Å². The molecular weight excluding hydrogens is 224 g/mol. The second-order valence-electron chi connectivity index (χ2n) is 3.14. The molecule has 16 heavy (non-hydrogen) atoms. The van der Waals surface area contributed by atoms with E-state index in [0.717, 1.165) is 0 Å². The molecule has 0 heterocycles. The molecule has 0 aromatic rings. The predicted octanol–water partition coefficient (Wildman–Crippen LogP) is -2.00. The zero-order valence-corrected chi connectivity index (χ0v) is 8.42. The maximum absolute atomic E-state index is 11.1. The Hall–Kier alpha value is -1.80. The van der Waals surface area contributed by atoms with Gasteiger partial charge in [-0.1, -0.05) is 0 Å². The van der Waals surface area contributed by atoms with Gasteiger partial charge in [0.05, 0.1) is 0 Å². The number of carboxylic acid groups (broad SMARTS) is 2. The van der Waals surface area contributed by atoms with E-state index in [9.17, 15) is 19.2 Å². The standard InChI is InChI=1S/C8H10O8/c1-3(9)7(4(2)10,5(11)12)8(15,16)6(13)14/h15-16H,1-2H3,(H,11,12)(H,13,14). The number of hydrogen-bond donors (Lipinski definition) is 4. The maximum Gasteiger partial charge on any atom is 0.366 e. The largest absolute Gasteiger partial charge is 0.480 e. The molecule has 0 amide bonds. The first-order valence-electron chi connectivity index (χ1n) is 3.96. The molecule has 0 aromatic heterocycles. The fourth-order valence-electron chi connectivity index (χ4n) is 1.35. The minimum Gasteiger partial charge on any atom is -0.480 e. The van der Waals surface area contributed by atoms with Crippen LogP contribution in [0.15, 0.2) is 0 Å². The average Bonchev–Trinajstić information content (AvgIpc) is 2.00. The molecule has 0 aliphatic heterocycles. The van der Waals surface area contributed by atoms with Gasteiger partial charge in [0.2, 0.25) is 5.41 Å². The second-order valence-corrected chi connectivity index (χ2v) is 3.14. The number of hydrogen-bond acceptors (Lipinski definition) is 6. The van der Waals surface area contributed by atoms with Gasteiger partial charge in [-0.25, -0.2) is 4.79 Å². The third kappa shape index (κ3) is 1.57. The van der Waals surface area contributed by atoms with Crippen molar-refractivity contribution in [2.24, 2.45) is 5.41 Å². The van der Waals surface area contributed by atoms with Crippen molar-refractivity contribution < 1.29 is 39.6 Å². The summed E-state index contributed by atoms with van der Waals surface area (Å²) >= 11 is 0. The highest BCUT2D eigenvalue weighted by Crippen LogP contribution is 2.33. The summed E-state index contributed by atoms with van der Waals surface area (Å²) in [7, 11) is 0. The Morgan fingerprint density at radius 3 is 1.19 bits per heavy atom. The van der Waals surface area contributed by atoms with Crippen LogP contribution < -0.4 is 0 Å². The van der Waals surface area contributed by atoms with E-state index in [0.29, 0.717) is 13.8 Å². The van der Waals surface area contributed by atoms with Crippen LogP contribution in [0.1, 0.15) is 13.8 Å². The summed E-state index contributed by atoms with van der Waals surface area (Å²) in [5.41, 5.74) is -3.43. The molecule has 0 fully saturated rings. The Kier molecular flexibility index (Phi) is 3.54. The first-order valence-corrected chi connectivity index (χ1v) is 3.96. The summed E-state index contributed by atoms with van der Waals surface area (Å²) in [6, 6.07) is 0. The highest BCUT2D eigenvalue weighted by Gasteiger charge is 2.67. The molecule has 0 radical (unpaired) electrons. The van der Waals surface area contributed by atoms with Crippen molar-refractivity contribution in [1.82, 2.24) is 0 Å². The molecule has 8 nitrogen and oxygen atoms in total. The van der Waals surface area contributed by atoms with Gasteiger partial charge < -0.3 is 20.4 Å². The first-order chi connectivity index (χ1) is 7.02. The Bertz CT molecular complexity index is 330. The number of carboxylic acids is 2. The minimum atomic E-state index is -4.00. The van der Waals surface area contributed by atoms with Crippen LogP contribution in [-0.2, 0) is 19.2 Å². The van der Waals surface area contributed by atoms with Crippen LogP contribution in [0.25, 0.3) is 0 Å². The first kappa shape index (κ1) is 14.2. The van der Waals surface area contributed by atoms with Crippen LogP contribution in [-0.4, -0.2) is 49.7 Å². The van der Waals surface area contributed by atoms with E-state index in [-0.39, 0.29) is 0 Å². The number of aliphatic hydroxyl groups is 2. The highest BCUT2D eigenvalue weighted by molar-refractivity contribution is 6.24. The molecule has 8 heteroatoms. The predicted molar refractivity (Wildman–Crippen MR) is 46.2 cm³/mol. The van der Waals surface area contributed by atoms with Crippen molar-refractivity contribution in [2.45, 2.75) is 19.6 Å². The number of Topliss-reactive ketones (excluding diaryl/α,β-unsaturated/α-hetero) is 2. The van der Waals surface area contributed by atoms with Crippen molar-refractivity contribution in [2.75, 3.05) is 0 Å². The van der Waals surface area contributed by atoms with E-state index in [1.807, 2.05) is 0 Å². The van der Waals surface area contributed by atoms with E-state index >= 15 is 0 Å². The van der Waals surface area contributed by atoms with E-state index < -0.39 is 34.7 Å². The monoisotopic (exact) mass is 234 g/mol. The van der Waals surface area contributed by atoms with Crippen molar-refractivity contribution in [1.29, 1.82) is 0 Å². The van der Waals surface area contributed by atoms with E-state index in [1.54, 1.807) is 0 Å². The maximum atomic E-state index is 11.1. The van der Waals surface area contributed by atoms with Crippen LogP contribution in [0.5, 0.6) is 0 Å². The minimum absolute atomic E-state index is 0.583. The van der Waals surface area contributed by atoms with Gasteiger partial charge in [0.1, 0.15) is 0 Å². The smallest absolute Gasteiger partial charge is 0.366 e. The number of aliphatic carboxylic acids is 2. The highest BCUT2D eigenvalue weighted by atomic mass is 16.5. The van der Waals surface area contributed by atoms with Crippen LogP contribution >= 0.6 is 0 Å². The summed E-state index contributed by atoms with van der Waals surface area (Å²) in [6.07, 6.45) is 0. The van der Waals surface area contributed by atoms with Gasteiger partial charge >= 0.3 is 11.9 Å². The fourth-order valence-corrected chi connectivity index (χ4v) is 1.35. The van der Waals surface area contributed by atoms with E-state index in [4.69, 9.17) is 20.4 Å². The lowest BCUT2D eigenvalue weighted by molar-refractivity contribution is -0.242. The molecule has 0 saturated carbocycles. The molecule has 0 aromatic carbocycles. The van der Waals surface area contributed by atoms with Gasteiger partial charge in [-0.2, -0.15) is 0 Å².